The topological polar surface area (TPSA) is 133 Å². The zero-order valence-corrected chi connectivity index (χ0v) is 27.6. The summed E-state index contributed by atoms with van der Waals surface area (Å²) in [6.07, 6.45) is 3.16. The van der Waals surface area contributed by atoms with Crippen molar-refractivity contribution in [3.8, 4) is 11.7 Å². The number of para-hydroxylation sites is 2. The highest BCUT2D eigenvalue weighted by atomic mass is 32.2. The molecule has 1 aliphatic heterocycles. The molecule has 15 heteroatoms. The quantitative estimate of drug-likeness (QED) is 0.224. The summed E-state index contributed by atoms with van der Waals surface area (Å²) in [4.78, 5) is 40.9. The molecule has 2 aliphatic rings. The van der Waals surface area contributed by atoms with Gasteiger partial charge < -0.3 is 29.7 Å². The molecule has 256 valence electrons. The minimum atomic E-state index is -2.82. The van der Waals surface area contributed by atoms with Gasteiger partial charge in [-0.25, -0.2) is 18.6 Å². The lowest BCUT2D eigenvalue weighted by atomic mass is 9.92. The minimum absolute atomic E-state index is 0.0761. The fraction of sp³-hybridized carbons (Fsp3) is 0.594. The fourth-order valence-corrected chi connectivity index (χ4v) is 6.18. The van der Waals surface area contributed by atoms with Gasteiger partial charge in [0.25, 0.3) is 6.43 Å². The van der Waals surface area contributed by atoms with Crippen molar-refractivity contribution >= 4 is 40.7 Å². The Balaban J connectivity index is 1.27. The van der Waals surface area contributed by atoms with Crippen molar-refractivity contribution in [1.29, 1.82) is 0 Å². The third kappa shape index (κ3) is 9.21. The molecule has 1 saturated heterocycles. The Morgan fingerprint density at radius 3 is 2.60 bits per heavy atom. The van der Waals surface area contributed by atoms with Crippen molar-refractivity contribution in [2.45, 2.75) is 76.5 Å². The molecule has 2 N–H and O–H groups in total. The summed E-state index contributed by atoms with van der Waals surface area (Å²) in [7, 11) is 0. The summed E-state index contributed by atoms with van der Waals surface area (Å²) >= 11 is 1.61. The van der Waals surface area contributed by atoms with Crippen LogP contribution >= 0.6 is 11.8 Å². The maximum atomic E-state index is 14.2. The normalized spacial score (nSPS) is 19.0. The van der Waals surface area contributed by atoms with Gasteiger partial charge in [-0.1, -0.05) is 25.5 Å². The number of aromatic nitrogens is 4. The molecule has 3 heterocycles. The van der Waals surface area contributed by atoms with Crippen LogP contribution in [0.2, 0.25) is 0 Å². The van der Waals surface area contributed by atoms with Gasteiger partial charge in [0.05, 0.1) is 30.9 Å². The van der Waals surface area contributed by atoms with Gasteiger partial charge in [0.1, 0.15) is 18.0 Å². The lowest BCUT2D eigenvalue weighted by Gasteiger charge is -2.31. The van der Waals surface area contributed by atoms with Crippen molar-refractivity contribution in [3.63, 3.8) is 0 Å². The van der Waals surface area contributed by atoms with Gasteiger partial charge >= 0.3 is 6.09 Å². The van der Waals surface area contributed by atoms with Gasteiger partial charge in [0, 0.05) is 25.2 Å². The van der Waals surface area contributed by atoms with Crippen LogP contribution in [-0.4, -0.2) is 94.6 Å². The van der Waals surface area contributed by atoms with Crippen LogP contribution in [0.25, 0.3) is 16.9 Å². The Morgan fingerprint density at radius 2 is 1.87 bits per heavy atom. The molecule has 1 atom stereocenters. The predicted molar refractivity (Wildman–Crippen MR) is 176 cm³/mol. The summed E-state index contributed by atoms with van der Waals surface area (Å²) in [6, 6.07) is 7.78. The zero-order valence-electron chi connectivity index (χ0n) is 26.8. The van der Waals surface area contributed by atoms with Gasteiger partial charge in [-0.15, -0.1) is 0 Å². The first-order valence-corrected chi connectivity index (χ1v) is 17.6. The second kappa shape index (κ2) is 16.9. The lowest BCUT2D eigenvalue weighted by molar-refractivity contribution is -0.124. The Hall–Kier alpha value is -3.72. The van der Waals surface area contributed by atoms with Gasteiger partial charge in [-0.2, -0.15) is 21.7 Å². The molecule has 2 fully saturated rings. The molecule has 0 bridgehead atoms. The van der Waals surface area contributed by atoms with Crippen LogP contribution in [0.3, 0.4) is 0 Å². The molecular weight excluding hydrogens is 632 g/mol. The van der Waals surface area contributed by atoms with Crippen LogP contribution in [-0.2, 0) is 14.3 Å². The summed E-state index contributed by atoms with van der Waals surface area (Å²) in [5.41, 5.74) is 0.951. The number of benzene rings is 1. The van der Waals surface area contributed by atoms with E-state index in [1.807, 2.05) is 18.1 Å². The first kappa shape index (κ1) is 34.6. The maximum Gasteiger partial charge on any atom is 0.407 e. The number of thioether (sulfide) groups is 1. The summed E-state index contributed by atoms with van der Waals surface area (Å²) in [5.74, 6) is 0.989. The largest absolute Gasteiger partial charge is 0.474 e. The van der Waals surface area contributed by atoms with Crippen LogP contribution in [0.1, 0.15) is 64.1 Å². The average Bonchev–Trinajstić information content (AvgIpc) is 3.48. The van der Waals surface area contributed by atoms with Crippen LogP contribution in [0.15, 0.2) is 30.3 Å². The Labute approximate surface area is 277 Å². The highest BCUT2D eigenvalue weighted by molar-refractivity contribution is 7.98. The number of halogens is 2. The first-order chi connectivity index (χ1) is 22.9. The number of hydrogen-bond donors (Lipinski definition) is 2. The highest BCUT2D eigenvalue weighted by Crippen LogP contribution is 2.31. The van der Waals surface area contributed by atoms with E-state index in [0.29, 0.717) is 82.0 Å². The Kier molecular flexibility index (Phi) is 12.4. The van der Waals surface area contributed by atoms with E-state index >= 15 is 0 Å². The molecule has 5 rings (SSSR count). The molecular formula is C32H43F2N7O5S. The zero-order chi connectivity index (χ0) is 33.2. The van der Waals surface area contributed by atoms with E-state index in [4.69, 9.17) is 19.2 Å². The van der Waals surface area contributed by atoms with Crippen LogP contribution < -0.4 is 20.3 Å². The van der Waals surface area contributed by atoms with E-state index in [-0.39, 0.29) is 29.8 Å². The summed E-state index contributed by atoms with van der Waals surface area (Å²) in [6.45, 7) is 4.45. The smallest absolute Gasteiger partial charge is 0.407 e. The molecule has 2 amide bonds. The second-order valence-corrected chi connectivity index (χ2v) is 12.6. The number of morpholine rings is 1. The SMILES string of the molecule is CCCCOC(=O)N[C@H](CCSC)C(=O)NC1CCC(Oc2cc(-n3c(C(F)F)nc4ccccc43)nc(N3CCOCC3)n2)CC1. The molecule has 0 unspecified atom stereocenters. The minimum Gasteiger partial charge on any atom is -0.474 e. The number of amides is 2. The molecule has 47 heavy (non-hydrogen) atoms. The van der Waals surface area contributed by atoms with Gasteiger partial charge in [0.15, 0.2) is 5.82 Å². The molecule has 1 aromatic carbocycles. The third-order valence-corrected chi connectivity index (χ3v) is 8.88. The number of nitrogens with zero attached hydrogens (tertiary/aromatic N) is 5. The number of hydrogen-bond acceptors (Lipinski definition) is 10. The van der Waals surface area contributed by atoms with E-state index in [9.17, 15) is 18.4 Å². The molecule has 0 radical (unpaired) electrons. The number of imidazole rings is 1. The number of nitrogens with one attached hydrogen (secondary N) is 2. The van der Waals surface area contributed by atoms with Crippen molar-refractivity contribution in [2.75, 3.05) is 49.8 Å². The number of rotatable bonds is 14. The van der Waals surface area contributed by atoms with E-state index in [1.54, 1.807) is 42.1 Å². The highest BCUT2D eigenvalue weighted by Gasteiger charge is 2.29. The monoisotopic (exact) mass is 675 g/mol. The van der Waals surface area contributed by atoms with E-state index in [0.717, 1.165) is 18.6 Å². The molecule has 1 aliphatic carbocycles. The average molecular weight is 676 g/mol. The lowest BCUT2D eigenvalue weighted by Crippen LogP contribution is -2.51. The van der Waals surface area contributed by atoms with Crippen LogP contribution in [0, 0.1) is 0 Å². The summed E-state index contributed by atoms with van der Waals surface area (Å²) < 4.78 is 46.8. The first-order valence-electron chi connectivity index (χ1n) is 16.2. The van der Waals surface area contributed by atoms with Gasteiger partial charge in [-0.3, -0.25) is 9.36 Å². The van der Waals surface area contributed by atoms with E-state index in [2.05, 4.69) is 20.6 Å². The number of carbonyl (C=O) groups is 2. The molecule has 2 aromatic heterocycles. The number of ether oxygens (including phenoxy) is 3. The van der Waals surface area contributed by atoms with Gasteiger partial charge in [-0.05, 0) is 62.7 Å². The molecule has 3 aromatic rings. The fourth-order valence-electron chi connectivity index (χ4n) is 5.71. The van der Waals surface area contributed by atoms with Crippen LogP contribution in [0.4, 0.5) is 19.5 Å². The standard InChI is InChI=1S/C32H43F2N7O5S/c1-3-4-16-45-32(43)37-24(13-19-47-2)30(42)35-21-9-11-22(12-10-21)46-27-20-26(38-31(39-27)40-14-17-44-18-15-40)41-25-8-6-5-7-23(25)36-29(41)28(33)34/h5-8,20-22,24,28H,3-4,9-19H2,1-2H3,(H,35,42)(H,37,43)/t21?,22?,24-/m1/s1. The van der Waals surface area contributed by atoms with Crippen molar-refractivity contribution < 1.29 is 32.6 Å². The number of unbranched alkanes of at least 4 members (excludes halogenated alkanes) is 1. The predicted octanol–water partition coefficient (Wildman–Crippen LogP) is 5.04. The van der Waals surface area contributed by atoms with E-state index < -0.39 is 24.4 Å². The van der Waals surface area contributed by atoms with E-state index in [1.165, 1.54) is 4.57 Å². The number of anilines is 1. The number of alkyl carbamates (subject to hydrolysis) is 1. The molecule has 1 saturated carbocycles. The molecule has 0 spiro atoms. The number of alkyl halides is 2. The third-order valence-electron chi connectivity index (χ3n) is 8.24. The number of fused-ring (bicyclic) bond motifs is 1. The van der Waals surface area contributed by atoms with Crippen molar-refractivity contribution in [1.82, 2.24) is 30.2 Å². The number of carbonyl (C=O) groups excluding carboxylic acids is 2. The molecule has 12 nitrogen and oxygen atoms in total. The maximum absolute atomic E-state index is 14.2. The second-order valence-electron chi connectivity index (χ2n) is 11.6. The van der Waals surface area contributed by atoms with Crippen LogP contribution in [0.5, 0.6) is 5.88 Å². The summed E-state index contributed by atoms with van der Waals surface area (Å²) in [5, 5.41) is 5.82. The Morgan fingerprint density at radius 1 is 1.11 bits per heavy atom. The van der Waals surface area contributed by atoms with Gasteiger partial charge in [0.2, 0.25) is 17.7 Å². The van der Waals surface area contributed by atoms with Crippen molar-refractivity contribution in [3.05, 3.63) is 36.2 Å². The Bertz CT molecular complexity index is 1480. The van der Waals surface area contributed by atoms with Crippen molar-refractivity contribution in [2.24, 2.45) is 0 Å².